The second-order valence-corrected chi connectivity index (χ2v) is 5.42. The van der Waals surface area contributed by atoms with Crippen molar-refractivity contribution in [2.24, 2.45) is 0 Å². The summed E-state index contributed by atoms with van der Waals surface area (Å²) in [5.41, 5.74) is 7.94. The SMILES string of the molecule is CC(C)(C)c1ccc2nc(N)c(Cl)cc2c1. The molecular weight excluding hydrogens is 220 g/mol. The molecule has 0 saturated carbocycles. The standard InChI is InChI=1S/C13H15ClN2/c1-13(2,3)9-4-5-11-8(6-9)7-10(14)12(15)16-11/h4-7H,1-3H3,(H2,15,16). The largest absolute Gasteiger partial charge is 0.382 e. The number of nitrogen functional groups attached to an aromatic ring is 1. The summed E-state index contributed by atoms with van der Waals surface area (Å²) >= 11 is 5.97. The van der Waals surface area contributed by atoms with Gasteiger partial charge in [-0.15, -0.1) is 0 Å². The van der Waals surface area contributed by atoms with E-state index in [4.69, 9.17) is 17.3 Å². The van der Waals surface area contributed by atoms with E-state index in [-0.39, 0.29) is 5.41 Å². The number of benzene rings is 1. The Bertz CT molecular complexity index is 541. The van der Waals surface area contributed by atoms with E-state index in [9.17, 15) is 0 Å². The third-order valence-electron chi connectivity index (χ3n) is 2.66. The van der Waals surface area contributed by atoms with Crippen molar-refractivity contribution in [1.29, 1.82) is 0 Å². The summed E-state index contributed by atoms with van der Waals surface area (Å²) in [6.07, 6.45) is 0. The highest BCUT2D eigenvalue weighted by Gasteiger charge is 2.14. The van der Waals surface area contributed by atoms with Crippen LogP contribution in [0.4, 0.5) is 5.82 Å². The maximum absolute atomic E-state index is 5.97. The molecule has 2 aromatic rings. The number of aromatic nitrogens is 1. The van der Waals surface area contributed by atoms with Gasteiger partial charge in [-0.05, 0) is 29.2 Å². The third kappa shape index (κ3) is 1.98. The first-order valence-electron chi connectivity index (χ1n) is 5.24. The van der Waals surface area contributed by atoms with Crippen molar-refractivity contribution in [3.8, 4) is 0 Å². The first-order valence-corrected chi connectivity index (χ1v) is 5.62. The minimum Gasteiger partial charge on any atom is -0.382 e. The molecule has 0 amide bonds. The van der Waals surface area contributed by atoms with Crippen molar-refractivity contribution in [3.63, 3.8) is 0 Å². The van der Waals surface area contributed by atoms with Gasteiger partial charge in [0.05, 0.1) is 10.5 Å². The highest BCUT2D eigenvalue weighted by molar-refractivity contribution is 6.33. The molecule has 84 valence electrons. The number of nitrogens with zero attached hydrogens (tertiary/aromatic N) is 1. The Kier molecular flexibility index (Phi) is 2.55. The number of fused-ring (bicyclic) bond motifs is 1. The normalized spacial score (nSPS) is 12.0. The lowest BCUT2D eigenvalue weighted by Crippen LogP contribution is -2.10. The molecule has 0 radical (unpaired) electrons. The lowest BCUT2D eigenvalue weighted by atomic mass is 9.86. The molecule has 1 aromatic heterocycles. The van der Waals surface area contributed by atoms with Crippen LogP contribution in [0.1, 0.15) is 26.3 Å². The molecule has 0 aliphatic heterocycles. The molecule has 1 heterocycles. The molecule has 0 saturated heterocycles. The molecule has 3 heteroatoms. The summed E-state index contributed by atoms with van der Waals surface area (Å²) in [5, 5.41) is 1.55. The van der Waals surface area contributed by atoms with Crippen LogP contribution in [0.25, 0.3) is 10.9 Å². The Morgan fingerprint density at radius 3 is 2.50 bits per heavy atom. The molecule has 0 bridgehead atoms. The fraction of sp³-hybridized carbons (Fsp3) is 0.308. The molecular formula is C13H15ClN2. The zero-order chi connectivity index (χ0) is 11.9. The fourth-order valence-corrected chi connectivity index (χ4v) is 1.79. The van der Waals surface area contributed by atoms with Gasteiger partial charge in [-0.3, -0.25) is 0 Å². The second kappa shape index (κ2) is 3.63. The van der Waals surface area contributed by atoms with Crippen molar-refractivity contribution < 1.29 is 0 Å². The van der Waals surface area contributed by atoms with E-state index in [1.165, 1.54) is 5.56 Å². The Morgan fingerprint density at radius 1 is 1.19 bits per heavy atom. The van der Waals surface area contributed by atoms with Crippen molar-refractivity contribution in [3.05, 3.63) is 34.9 Å². The van der Waals surface area contributed by atoms with Gasteiger partial charge in [-0.1, -0.05) is 38.4 Å². The fourth-order valence-electron chi connectivity index (χ4n) is 1.63. The van der Waals surface area contributed by atoms with Gasteiger partial charge in [-0.25, -0.2) is 4.98 Å². The van der Waals surface area contributed by atoms with Gasteiger partial charge in [0.25, 0.3) is 0 Å². The van der Waals surface area contributed by atoms with Crippen molar-refractivity contribution in [2.45, 2.75) is 26.2 Å². The van der Waals surface area contributed by atoms with Crippen LogP contribution in [0, 0.1) is 0 Å². The smallest absolute Gasteiger partial charge is 0.142 e. The Labute approximate surface area is 100 Å². The van der Waals surface area contributed by atoms with Crippen LogP contribution < -0.4 is 5.73 Å². The van der Waals surface area contributed by atoms with E-state index in [0.717, 1.165) is 10.9 Å². The van der Waals surface area contributed by atoms with Crippen LogP contribution in [0.15, 0.2) is 24.3 Å². The predicted octanol–water partition coefficient (Wildman–Crippen LogP) is 3.77. The molecule has 2 N–H and O–H groups in total. The van der Waals surface area contributed by atoms with Crippen molar-refractivity contribution >= 4 is 28.3 Å². The van der Waals surface area contributed by atoms with Gasteiger partial charge in [0.2, 0.25) is 0 Å². The van der Waals surface area contributed by atoms with E-state index in [2.05, 4.69) is 37.9 Å². The summed E-state index contributed by atoms with van der Waals surface area (Å²) < 4.78 is 0. The van der Waals surface area contributed by atoms with E-state index >= 15 is 0 Å². The van der Waals surface area contributed by atoms with Crippen LogP contribution in [-0.4, -0.2) is 4.98 Å². The molecule has 2 rings (SSSR count). The maximum Gasteiger partial charge on any atom is 0.142 e. The van der Waals surface area contributed by atoms with E-state index in [1.54, 1.807) is 0 Å². The molecule has 0 aliphatic carbocycles. The zero-order valence-corrected chi connectivity index (χ0v) is 10.5. The zero-order valence-electron chi connectivity index (χ0n) is 9.71. The van der Waals surface area contributed by atoms with Crippen LogP contribution in [0.2, 0.25) is 5.02 Å². The van der Waals surface area contributed by atoms with Gasteiger partial charge in [0.15, 0.2) is 0 Å². The number of halogens is 1. The molecule has 16 heavy (non-hydrogen) atoms. The molecule has 0 unspecified atom stereocenters. The molecule has 2 nitrogen and oxygen atoms in total. The number of nitrogens with two attached hydrogens (primary N) is 1. The number of hydrogen-bond donors (Lipinski definition) is 1. The summed E-state index contributed by atoms with van der Waals surface area (Å²) in [7, 11) is 0. The van der Waals surface area contributed by atoms with Crippen molar-refractivity contribution in [2.75, 3.05) is 5.73 Å². The van der Waals surface area contributed by atoms with Crippen LogP contribution in [0.5, 0.6) is 0 Å². The average Bonchev–Trinajstić information content (AvgIpc) is 2.17. The summed E-state index contributed by atoms with van der Waals surface area (Å²) in [4.78, 5) is 4.24. The van der Waals surface area contributed by atoms with Gasteiger partial charge >= 0.3 is 0 Å². The van der Waals surface area contributed by atoms with Gasteiger partial charge in [0, 0.05) is 5.39 Å². The summed E-state index contributed by atoms with van der Waals surface area (Å²) in [6, 6.07) is 8.06. The molecule has 0 aliphatic rings. The highest BCUT2D eigenvalue weighted by atomic mass is 35.5. The second-order valence-electron chi connectivity index (χ2n) is 5.01. The Balaban J connectivity index is 2.67. The quantitative estimate of drug-likeness (QED) is 0.754. The van der Waals surface area contributed by atoms with Gasteiger partial charge < -0.3 is 5.73 Å². The maximum atomic E-state index is 5.97. The van der Waals surface area contributed by atoms with Crippen LogP contribution >= 0.6 is 11.6 Å². The third-order valence-corrected chi connectivity index (χ3v) is 2.96. The first kappa shape index (κ1) is 11.2. The lowest BCUT2D eigenvalue weighted by Gasteiger charge is -2.19. The number of pyridine rings is 1. The summed E-state index contributed by atoms with van der Waals surface area (Å²) in [6.45, 7) is 6.54. The van der Waals surface area contributed by atoms with Crippen LogP contribution in [-0.2, 0) is 5.41 Å². The minimum atomic E-state index is 0.127. The number of hydrogen-bond acceptors (Lipinski definition) is 2. The highest BCUT2D eigenvalue weighted by Crippen LogP contribution is 2.28. The van der Waals surface area contributed by atoms with E-state index < -0.39 is 0 Å². The van der Waals surface area contributed by atoms with Gasteiger partial charge in [0.1, 0.15) is 5.82 Å². The number of rotatable bonds is 0. The monoisotopic (exact) mass is 234 g/mol. The molecule has 0 fully saturated rings. The lowest BCUT2D eigenvalue weighted by molar-refractivity contribution is 0.591. The summed E-state index contributed by atoms with van der Waals surface area (Å²) in [5.74, 6) is 0.387. The van der Waals surface area contributed by atoms with E-state index in [1.807, 2.05) is 12.1 Å². The number of anilines is 1. The van der Waals surface area contributed by atoms with E-state index in [0.29, 0.717) is 10.8 Å². The topological polar surface area (TPSA) is 38.9 Å². The average molecular weight is 235 g/mol. The Morgan fingerprint density at radius 2 is 1.88 bits per heavy atom. The van der Waals surface area contributed by atoms with Crippen molar-refractivity contribution in [1.82, 2.24) is 4.98 Å². The minimum absolute atomic E-state index is 0.127. The van der Waals surface area contributed by atoms with Gasteiger partial charge in [-0.2, -0.15) is 0 Å². The first-order chi connectivity index (χ1) is 7.38. The molecule has 1 aromatic carbocycles. The molecule has 0 spiro atoms. The van der Waals surface area contributed by atoms with Crippen LogP contribution in [0.3, 0.4) is 0 Å². The molecule has 0 atom stereocenters. The predicted molar refractivity (Wildman–Crippen MR) is 69.9 cm³/mol. The Hall–Kier alpha value is -1.28.